The molecule has 5 heteroatoms. The molecule has 1 N–H and O–H groups in total. The Labute approximate surface area is 116 Å². The zero-order valence-electron chi connectivity index (χ0n) is 12.5. The summed E-state index contributed by atoms with van der Waals surface area (Å²) < 4.78 is 5.10. The van der Waals surface area contributed by atoms with E-state index < -0.39 is 0 Å². The molecular weight excluding hydrogens is 240 g/mol. The van der Waals surface area contributed by atoms with Crippen molar-refractivity contribution in [3.63, 3.8) is 0 Å². The third-order valence-corrected chi connectivity index (χ3v) is 2.84. The Hall–Kier alpha value is -1.20. The summed E-state index contributed by atoms with van der Waals surface area (Å²) in [7, 11) is 1.71. The van der Waals surface area contributed by atoms with E-state index in [1.807, 2.05) is 12.1 Å². The van der Waals surface area contributed by atoms with E-state index in [4.69, 9.17) is 4.74 Å². The van der Waals surface area contributed by atoms with Crippen LogP contribution in [0.2, 0.25) is 0 Å². The molecule has 0 unspecified atom stereocenters. The lowest BCUT2D eigenvalue weighted by Crippen LogP contribution is -2.28. The number of aromatic nitrogens is 2. The van der Waals surface area contributed by atoms with E-state index >= 15 is 0 Å². The molecule has 0 aromatic carbocycles. The molecule has 0 spiro atoms. The predicted octanol–water partition coefficient (Wildman–Crippen LogP) is 1.69. The van der Waals surface area contributed by atoms with Gasteiger partial charge in [0.15, 0.2) is 5.82 Å². The molecule has 0 aliphatic rings. The first-order chi connectivity index (χ1) is 9.17. The Morgan fingerprint density at radius 1 is 1.32 bits per heavy atom. The van der Waals surface area contributed by atoms with Crippen LogP contribution < -0.4 is 10.2 Å². The number of nitrogens with one attached hydrogen (secondary N) is 1. The molecule has 0 aliphatic carbocycles. The van der Waals surface area contributed by atoms with Crippen LogP contribution in [0.5, 0.6) is 0 Å². The number of hydrogen-bond acceptors (Lipinski definition) is 5. The lowest BCUT2D eigenvalue weighted by molar-refractivity contribution is 0.205. The monoisotopic (exact) mass is 266 g/mol. The molecule has 0 bridgehead atoms. The topological polar surface area (TPSA) is 50.3 Å². The molecule has 0 saturated heterocycles. The van der Waals surface area contributed by atoms with E-state index in [9.17, 15) is 0 Å². The van der Waals surface area contributed by atoms with Gasteiger partial charge in [0, 0.05) is 26.7 Å². The third kappa shape index (κ3) is 5.98. The minimum Gasteiger partial charge on any atom is -0.383 e. The van der Waals surface area contributed by atoms with Gasteiger partial charge in [0.2, 0.25) is 0 Å². The molecule has 0 saturated carbocycles. The lowest BCUT2D eigenvalue weighted by atomic mass is 10.2. The van der Waals surface area contributed by atoms with Crippen molar-refractivity contribution in [3.8, 4) is 0 Å². The van der Waals surface area contributed by atoms with Crippen LogP contribution in [0.4, 0.5) is 5.82 Å². The molecule has 1 aromatic rings. The summed E-state index contributed by atoms with van der Waals surface area (Å²) in [6.45, 7) is 10.7. The second-order valence-corrected chi connectivity index (χ2v) is 4.98. The van der Waals surface area contributed by atoms with Gasteiger partial charge in [-0.05, 0) is 31.5 Å². The maximum absolute atomic E-state index is 5.10. The highest BCUT2D eigenvalue weighted by Crippen LogP contribution is 2.09. The van der Waals surface area contributed by atoms with Gasteiger partial charge in [0.1, 0.15) is 0 Å². The number of methoxy groups -OCH3 is 1. The van der Waals surface area contributed by atoms with Gasteiger partial charge in [-0.2, -0.15) is 5.10 Å². The number of likely N-dealkylation sites (N-methyl/N-ethyl adjacent to an activating group) is 1. The van der Waals surface area contributed by atoms with Crippen LogP contribution in [0.25, 0.3) is 0 Å². The average molecular weight is 266 g/mol. The van der Waals surface area contributed by atoms with Gasteiger partial charge in [0.25, 0.3) is 0 Å². The molecule has 1 rings (SSSR count). The van der Waals surface area contributed by atoms with Gasteiger partial charge in [-0.25, -0.2) is 0 Å². The first kappa shape index (κ1) is 15.9. The summed E-state index contributed by atoms with van der Waals surface area (Å²) in [4.78, 5) is 2.15. The van der Waals surface area contributed by atoms with Crippen molar-refractivity contribution < 1.29 is 4.74 Å². The minimum atomic E-state index is 0.650. The van der Waals surface area contributed by atoms with Crippen LogP contribution in [0.3, 0.4) is 0 Å². The molecule has 1 heterocycles. The van der Waals surface area contributed by atoms with Gasteiger partial charge >= 0.3 is 0 Å². The van der Waals surface area contributed by atoms with Gasteiger partial charge < -0.3 is 15.0 Å². The Bertz CT molecular complexity index is 340. The highest BCUT2D eigenvalue weighted by molar-refractivity contribution is 5.36. The largest absolute Gasteiger partial charge is 0.383 e. The highest BCUT2D eigenvalue weighted by Gasteiger charge is 2.06. The van der Waals surface area contributed by atoms with Crippen LogP contribution in [-0.2, 0) is 11.3 Å². The zero-order chi connectivity index (χ0) is 14.1. The van der Waals surface area contributed by atoms with Gasteiger partial charge in [-0.1, -0.05) is 13.8 Å². The number of rotatable bonds is 9. The first-order valence-electron chi connectivity index (χ1n) is 6.94. The van der Waals surface area contributed by atoms with Crippen molar-refractivity contribution in [1.29, 1.82) is 0 Å². The number of nitrogens with zero attached hydrogens (tertiary/aromatic N) is 3. The van der Waals surface area contributed by atoms with Crippen molar-refractivity contribution in [3.05, 3.63) is 17.8 Å². The van der Waals surface area contributed by atoms with Crippen LogP contribution >= 0.6 is 0 Å². The van der Waals surface area contributed by atoms with Crippen LogP contribution in [0.1, 0.15) is 26.5 Å². The average Bonchev–Trinajstić information content (AvgIpc) is 2.41. The number of hydrogen-bond donors (Lipinski definition) is 1. The standard InChI is InChI=1S/C14H26N4O/c1-5-18(8-9-19-4)14-7-6-13(16-17-14)11-15-10-12(2)3/h6-7,12,15H,5,8-11H2,1-4H3. The van der Waals surface area contributed by atoms with Crippen molar-refractivity contribution in [2.75, 3.05) is 38.3 Å². The molecule has 0 atom stereocenters. The van der Waals surface area contributed by atoms with E-state index in [0.717, 1.165) is 37.7 Å². The Balaban J connectivity index is 2.49. The fourth-order valence-electron chi connectivity index (χ4n) is 1.74. The smallest absolute Gasteiger partial charge is 0.151 e. The number of ether oxygens (including phenoxy) is 1. The van der Waals surface area contributed by atoms with Gasteiger partial charge in [0.05, 0.1) is 12.3 Å². The summed E-state index contributed by atoms with van der Waals surface area (Å²) in [5, 5.41) is 11.9. The second-order valence-electron chi connectivity index (χ2n) is 4.98. The van der Waals surface area contributed by atoms with Crippen molar-refractivity contribution in [1.82, 2.24) is 15.5 Å². The molecule has 0 amide bonds. The molecule has 1 aromatic heterocycles. The van der Waals surface area contributed by atoms with E-state index in [0.29, 0.717) is 12.5 Å². The Kier molecular flexibility index (Phi) is 7.36. The maximum Gasteiger partial charge on any atom is 0.151 e. The summed E-state index contributed by atoms with van der Waals surface area (Å²) in [5.41, 5.74) is 0.979. The van der Waals surface area contributed by atoms with Crippen LogP contribution in [0, 0.1) is 5.92 Å². The molecule has 0 fully saturated rings. The molecule has 0 radical (unpaired) electrons. The number of anilines is 1. The zero-order valence-corrected chi connectivity index (χ0v) is 12.5. The SMILES string of the molecule is CCN(CCOC)c1ccc(CNCC(C)C)nn1. The molecule has 0 aliphatic heterocycles. The summed E-state index contributed by atoms with van der Waals surface area (Å²) in [6.07, 6.45) is 0. The van der Waals surface area contributed by atoms with E-state index in [1.54, 1.807) is 7.11 Å². The van der Waals surface area contributed by atoms with E-state index in [1.165, 1.54) is 0 Å². The Morgan fingerprint density at radius 2 is 2.11 bits per heavy atom. The van der Waals surface area contributed by atoms with Crippen LogP contribution in [-0.4, -0.2) is 43.5 Å². The summed E-state index contributed by atoms with van der Waals surface area (Å²) in [6, 6.07) is 4.06. The fourth-order valence-corrected chi connectivity index (χ4v) is 1.74. The minimum absolute atomic E-state index is 0.650. The normalized spacial score (nSPS) is 11.0. The summed E-state index contributed by atoms with van der Waals surface area (Å²) >= 11 is 0. The van der Waals surface area contributed by atoms with E-state index in [-0.39, 0.29) is 0 Å². The predicted molar refractivity (Wildman–Crippen MR) is 78.3 cm³/mol. The van der Waals surface area contributed by atoms with Gasteiger partial charge in [-0.3, -0.25) is 0 Å². The second kappa shape index (κ2) is 8.82. The highest BCUT2D eigenvalue weighted by atomic mass is 16.5. The first-order valence-corrected chi connectivity index (χ1v) is 6.94. The van der Waals surface area contributed by atoms with Crippen LogP contribution in [0.15, 0.2) is 12.1 Å². The fraction of sp³-hybridized carbons (Fsp3) is 0.714. The quantitative estimate of drug-likeness (QED) is 0.737. The maximum atomic E-state index is 5.10. The van der Waals surface area contributed by atoms with E-state index in [2.05, 4.69) is 41.2 Å². The summed E-state index contributed by atoms with van der Waals surface area (Å²) in [5.74, 6) is 1.56. The Morgan fingerprint density at radius 3 is 2.63 bits per heavy atom. The third-order valence-electron chi connectivity index (χ3n) is 2.84. The molecule has 5 nitrogen and oxygen atoms in total. The molecular formula is C14H26N4O. The molecule has 108 valence electrons. The lowest BCUT2D eigenvalue weighted by Gasteiger charge is -2.20. The van der Waals surface area contributed by atoms with Crippen molar-refractivity contribution in [2.45, 2.75) is 27.3 Å². The van der Waals surface area contributed by atoms with Crippen molar-refractivity contribution in [2.24, 2.45) is 5.92 Å². The van der Waals surface area contributed by atoms with Crippen molar-refractivity contribution >= 4 is 5.82 Å². The van der Waals surface area contributed by atoms with Gasteiger partial charge in [-0.15, -0.1) is 5.10 Å². The molecule has 19 heavy (non-hydrogen) atoms.